The quantitative estimate of drug-likeness (QED) is 0.518. The molecule has 0 spiro atoms. The minimum Gasteiger partial charge on any atom is -0.490 e. The summed E-state index contributed by atoms with van der Waals surface area (Å²) in [6.07, 6.45) is 3.35. The van der Waals surface area contributed by atoms with Crippen molar-refractivity contribution in [3.63, 3.8) is 0 Å². The number of ether oxygens (including phenoxy) is 2. The first-order valence-corrected chi connectivity index (χ1v) is 6.80. The summed E-state index contributed by atoms with van der Waals surface area (Å²) >= 11 is 0. The molecule has 22 heavy (non-hydrogen) atoms. The van der Waals surface area contributed by atoms with Crippen molar-refractivity contribution in [1.82, 2.24) is 9.66 Å². The molecule has 2 N–H and O–H groups in total. The molecular formula is C15H18N4O3. The normalized spacial score (nSPS) is 10.9. The first-order valence-electron chi connectivity index (χ1n) is 6.80. The Morgan fingerprint density at radius 1 is 1.45 bits per heavy atom. The third kappa shape index (κ3) is 3.85. The number of hydrogen-bond acceptors (Lipinski definition) is 6. The van der Waals surface area contributed by atoms with Crippen LogP contribution in [0, 0.1) is 6.92 Å². The van der Waals surface area contributed by atoms with Gasteiger partial charge in [0.15, 0.2) is 11.5 Å². The number of nitrogens with two attached hydrogens (primary N) is 1. The number of nitrogen functional groups attached to an aromatic ring is 1. The van der Waals surface area contributed by atoms with Crippen LogP contribution < -0.4 is 15.2 Å². The topological polar surface area (TPSA) is 91.7 Å². The highest BCUT2D eigenvalue weighted by molar-refractivity contribution is 5.81. The summed E-state index contributed by atoms with van der Waals surface area (Å²) in [6.45, 7) is 5.49. The van der Waals surface area contributed by atoms with Crippen LogP contribution in [0.2, 0.25) is 0 Å². The number of anilines is 1. The van der Waals surface area contributed by atoms with E-state index < -0.39 is 5.97 Å². The monoisotopic (exact) mass is 302 g/mol. The predicted octanol–water partition coefficient (Wildman–Crippen LogP) is 1.98. The maximum Gasteiger partial charge on any atom is 0.308 e. The summed E-state index contributed by atoms with van der Waals surface area (Å²) < 4.78 is 12.1. The van der Waals surface area contributed by atoms with E-state index in [1.165, 1.54) is 11.6 Å². The van der Waals surface area contributed by atoms with Crippen molar-refractivity contribution in [2.75, 3.05) is 12.3 Å². The molecule has 0 saturated carbocycles. The van der Waals surface area contributed by atoms with Crippen molar-refractivity contribution in [2.24, 2.45) is 5.10 Å². The molecule has 116 valence electrons. The van der Waals surface area contributed by atoms with Crippen molar-refractivity contribution < 1.29 is 14.3 Å². The molecule has 0 fully saturated rings. The van der Waals surface area contributed by atoms with Gasteiger partial charge in [0, 0.05) is 6.92 Å². The van der Waals surface area contributed by atoms with Gasteiger partial charge in [-0.25, -0.2) is 9.66 Å². The minimum absolute atomic E-state index is 0.315. The maximum absolute atomic E-state index is 11.1. The fraction of sp³-hybridized carbons (Fsp3) is 0.267. The average Bonchev–Trinajstić information content (AvgIpc) is 2.77. The number of nitrogens with zero attached hydrogens (tertiary/aromatic N) is 3. The summed E-state index contributed by atoms with van der Waals surface area (Å²) in [5.41, 5.74) is 7.29. The molecule has 0 aliphatic heterocycles. The largest absolute Gasteiger partial charge is 0.490 e. The summed E-state index contributed by atoms with van der Waals surface area (Å²) in [4.78, 5) is 15.1. The van der Waals surface area contributed by atoms with Crippen LogP contribution in [-0.4, -0.2) is 28.5 Å². The maximum atomic E-state index is 11.1. The Hall–Kier alpha value is -2.83. The van der Waals surface area contributed by atoms with Crippen LogP contribution in [0.15, 0.2) is 29.5 Å². The number of aromatic nitrogens is 2. The Morgan fingerprint density at radius 2 is 2.23 bits per heavy atom. The number of benzene rings is 1. The second-order valence-corrected chi connectivity index (χ2v) is 4.56. The summed E-state index contributed by atoms with van der Waals surface area (Å²) in [5.74, 6) is 0.778. The van der Waals surface area contributed by atoms with E-state index in [9.17, 15) is 4.79 Å². The molecule has 7 nitrogen and oxygen atoms in total. The molecular weight excluding hydrogens is 284 g/mol. The molecule has 0 saturated heterocycles. The first kappa shape index (κ1) is 15.6. The van der Waals surface area contributed by atoms with Crippen LogP contribution in [0.1, 0.15) is 25.1 Å². The van der Waals surface area contributed by atoms with E-state index in [0.29, 0.717) is 24.1 Å². The predicted molar refractivity (Wildman–Crippen MR) is 83.3 cm³/mol. The summed E-state index contributed by atoms with van der Waals surface area (Å²) in [6, 6.07) is 5.17. The fourth-order valence-corrected chi connectivity index (χ4v) is 1.84. The van der Waals surface area contributed by atoms with Gasteiger partial charge in [-0.3, -0.25) is 4.79 Å². The zero-order valence-electron chi connectivity index (χ0n) is 12.7. The highest BCUT2D eigenvalue weighted by Crippen LogP contribution is 2.28. The minimum atomic E-state index is -0.399. The van der Waals surface area contributed by atoms with Gasteiger partial charge in [-0.2, -0.15) is 5.10 Å². The molecule has 0 unspecified atom stereocenters. The van der Waals surface area contributed by atoms with Gasteiger partial charge in [-0.05, 0) is 37.6 Å². The lowest BCUT2D eigenvalue weighted by Crippen LogP contribution is -2.04. The van der Waals surface area contributed by atoms with Crippen LogP contribution in [0.25, 0.3) is 0 Å². The first-order chi connectivity index (χ1) is 10.5. The second kappa shape index (κ2) is 6.75. The Balaban J connectivity index is 2.26. The van der Waals surface area contributed by atoms with Gasteiger partial charge < -0.3 is 15.2 Å². The van der Waals surface area contributed by atoms with Crippen LogP contribution in [0.5, 0.6) is 11.5 Å². The van der Waals surface area contributed by atoms with Crippen LogP contribution >= 0.6 is 0 Å². The molecule has 2 aromatic rings. The molecule has 0 radical (unpaired) electrons. The highest BCUT2D eigenvalue weighted by atomic mass is 16.6. The molecule has 0 bridgehead atoms. The zero-order valence-corrected chi connectivity index (χ0v) is 12.7. The molecule has 1 aromatic heterocycles. The van der Waals surface area contributed by atoms with Gasteiger partial charge in [0.25, 0.3) is 0 Å². The number of carbonyl (C=O) groups excluding carboxylic acids is 1. The third-order valence-electron chi connectivity index (χ3n) is 2.69. The highest BCUT2D eigenvalue weighted by Gasteiger charge is 2.08. The lowest BCUT2D eigenvalue weighted by Gasteiger charge is -2.10. The summed E-state index contributed by atoms with van der Waals surface area (Å²) in [5, 5.41) is 4.23. The number of aryl methyl sites for hydroxylation is 1. The molecule has 1 aromatic carbocycles. The van der Waals surface area contributed by atoms with Crippen LogP contribution in [0.3, 0.4) is 0 Å². The molecule has 0 aliphatic carbocycles. The Kier molecular flexibility index (Phi) is 4.77. The molecule has 1 heterocycles. The smallest absolute Gasteiger partial charge is 0.308 e. The van der Waals surface area contributed by atoms with Crippen molar-refractivity contribution in [3.8, 4) is 11.5 Å². The SMILES string of the molecule is CCOc1cc(C=Nn2cc(C)nc2N)ccc1OC(C)=O. The van der Waals surface area contributed by atoms with Crippen LogP contribution in [-0.2, 0) is 4.79 Å². The van der Waals surface area contributed by atoms with Crippen molar-refractivity contribution in [3.05, 3.63) is 35.7 Å². The van der Waals surface area contributed by atoms with Gasteiger partial charge in [-0.15, -0.1) is 0 Å². The van der Waals surface area contributed by atoms with Crippen molar-refractivity contribution in [2.45, 2.75) is 20.8 Å². The van der Waals surface area contributed by atoms with E-state index >= 15 is 0 Å². The molecule has 0 atom stereocenters. The van der Waals surface area contributed by atoms with E-state index in [0.717, 1.165) is 11.3 Å². The third-order valence-corrected chi connectivity index (χ3v) is 2.69. The lowest BCUT2D eigenvalue weighted by molar-refractivity contribution is -0.132. The molecule has 2 rings (SSSR count). The van der Waals surface area contributed by atoms with Gasteiger partial charge in [0.2, 0.25) is 5.95 Å². The standard InChI is InChI=1S/C15H18N4O3/c1-4-21-14-7-12(5-6-13(14)22-11(3)20)8-17-19-9-10(2)18-15(19)16/h5-9H,4H2,1-3H3,(H2,16,18). The lowest BCUT2D eigenvalue weighted by atomic mass is 10.2. The fourth-order valence-electron chi connectivity index (χ4n) is 1.84. The number of carbonyl (C=O) groups is 1. The molecule has 0 amide bonds. The van der Waals surface area contributed by atoms with Gasteiger partial charge in [0.05, 0.1) is 24.7 Å². The Labute approximate surface area is 128 Å². The van der Waals surface area contributed by atoms with E-state index in [1.54, 1.807) is 30.6 Å². The number of imidazole rings is 1. The summed E-state index contributed by atoms with van der Waals surface area (Å²) in [7, 11) is 0. The number of rotatable bonds is 5. The Bertz CT molecular complexity index is 707. The van der Waals surface area contributed by atoms with E-state index in [-0.39, 0.29) is 0 Å². The second-order valence-electron chi connectivity index (χ2n) is 4.56. The van der Waals surface area contributed by atoms with Gasteiger partial charge >= 0.3 is 5.97 Å². The number of esters is 1. The van der Waals surface area contributed by atoms with Crippen molar-refractivity contribution in [1.29, 1.82) is 0 Å². The van der Waals surface area contributed by atoms with Crippen LogP contribution in [0.4, 0.5) is 5.95 Å². The molecule has 0 aliphatic rings. The molecule has 7 heteroatoms. The number of hydrogen-bond donors (Lipinski definition) is 1. The average molecular weight is 302 g/mol. The Morgan fingerprint density at radius 3 is 2.82 bits per heavy atom. The zero-order chi connectivity index (χ0) is 16.1. The van der Waals surface area contributed by atoms with E-state index in [4.69, 9.17) is 15.2 Å². The van der Waals surface area contributed by atoms with Gasteiger partial charge in [-0.1, -0.05) is 0 Å². The van der Waals surface area contributed by atoms with E-state index in [2.05, 4.69) is 10.1 Å². The van der Waals surface area contributed by atoms with Crippen molar-refractivity contribution >= 4 is 18.1 Å². The van der Waals surface area contributed by atoms with Gasteiger partial charge in [0.1, 0.15) is 0 Å². The van der Waals surface area contributed by atoms with E-state index in [1.807, 2.05) is 13.8 Å².